The molecule has 0 atom stereocenters. The third-order valence-electron chi connectivity index (χ3n) is 2.11. The van der Waals surface area contributed by atoms with Gasteiger partial charge in [-0.1, -0.05) is 35.8 Å². The third kappa shape index (κ3) is 3.23. The van der Waals surface area contributed by atoms with Gasteiger partial charge in [0.1, 0.15) is 0 Å². The van der Waals surface area contributed by atoms with Crippen LogP contribution in [0.15, 0.2) is 22.7 Å². The number of carbonyl (C=O) groups excluding carboxylic acids is 1. The van der Waals surface area contributed by atoms with Crippen molar-refractivity contribution in [3.8, 4) is 0 Å². The van der Waals surface area contributed by atoms with Crippen LogP contribution in [0.1, 0.15) is 25.3 Å². The number of amides is 2. The molecule has 2 N–H and O–H groups in total. The molecular weight excluding hydrogens is 256 g/mol. The van der Waals surface area contributed by atoms with Crippen molar-refractivity contribution in [1.29, 1.82) is 0 Å². The fourth-order valence-electron chi connectivity index (χ4n) is 1.27. The Hall–Kier alpha value is -1.03. The van der Waals surface area contributed by atoms with Crippen molar-refractivity contribution in [3.63, 3.8) is 0 Å². The minimum absolute atomic E-state index is 0.209. The predicted octanol–water partition coefficient (Wildman–Crippen LogP) is 3.32. The van der Waals surface area contributed by atoms with Crippen molar-refractivity contribution in [2.75, 3.05) is 12.4 Å². The van der Waals surface area contributed by atoms with E-state index in [1.807, 2.05) is 18.2 Å². The maximum atomic E-state index is 11.1. The van der Waals surface area contributed by atoms with Gasteiger partial charge in [0.05, 0.1) is 0 Å². The molecule has 1 rings (SSSR count). The molecule has 0 aromatic heterocycles. The normalized spacial score (nSPS) is 10.2. The Kier molecular flexibility index (Phi) is 4.15. The van der Waals surface area contributed by atoms with Crippen molar-refractivity contribution in [3.05, 3.63) is 28.2 Å². The van der Waals surface area contributed by atoms with E-state index in [4.69, 9.17) is 0 Å². The van der Waals surface area contributed by atoms with Crippen molar-refractivity contribution in [2.24, 2.45) is 0 Å². The number of benzene rings is 1. The van der Waals surface area contributed by atoms with E-state index < -0.39 is 0 Å². The van der Waals surface area contributed by atoms with Crippen molar-refractivity contribution >= 4 is 27.6 Å². The molecule has 0 fully saturated rings. The van der Waals surface area contributed by atoms with E-state index in [0.717, 1.165) is 10.2 Å². The number of carbonyl (C=O) groups is 1. The fourth-order valence-corrected chi connectivity index (χ4v) is 2.10. The third-order valence-corrected chi connectivity index (χ3v) is 2.79. The highest BCUT2D eigenvalue weighted by molar-refractivity contribution is 9.10. The quantitative estimate of drug-likeness (QED) is 0.851. The maximum absolute atomic E-state index is 11.1. The summed E-state index contributed by atoms with van der Waals surface area (Å²) in [7, 11) is 1.59. The van der Waals surface area contributed by atoms with E-state index in [1.165, 1.54) is 5.56 Å². The molecule has 1 aromatic carbocycles. The molecule has 4 heteroatoms. The summed E-state index contributed by atoms with van der Waals surface area (Å²) in [5.41, 5.74) is 2.02. The van der Waals surface area contributed by atoms with Gasteiger partial charge < -0.3 is 10.6 Å². The molecule has 82 valence electrons. The minimum Gasteiger partial charge on any atom is -0.341 e. The fraction of sp³-hybridized carbons (Fsp3) is 0.364. The van der Waals surface area contributed by atoms with Gasteiger partial charge in [-0.15, -0.1) is 0 Å². The van der Waals surface area contributed by atoms with Crippen LogP contribution in [0.3, 0.4) is 0 Å². The number of rotatable bonds is 2. The zero-order valence-corrected chi connectivity index (χ0v) is 10.7. The second-order valence-corrected chi connectivity index (χ2v) is 4.45. The highest BCUT2D eigenvalue weighted by atomic mass is 79.9. The molecule has 0 aliphatic carbocycles. The summed E-state index contributed by atoms with van der Waals surface area (Å²) in [4.78, 5) is 11.1. The predicted molar refractivity (Wildman–Crippen MR) is 66.3 cm³/mol. The van der Waals surface area contributed by atoms with E-state index in [2.05, 4.69) is 40.4 Å². The monoisotopic (exact) mass is 270 g/mol. The molecule has 0 radical (unpaired) electrons. The molecule has 15 heavy (non-hydrogen) atoms. The lowest BCUT2D eigenvalue weighted by Gasteiger charge is -2.10. The van der Waals surface area contributed by atoms with Gasteiger partial charge in [0.2, 0.25) is 0 Å². The molecular formula is C11H15BrN2O. The first-order chi connectivity index (χ1) is 7.04. The Morgan fingerprint density at radius 2 is 2.07 bits per heavy atom. The van der Waals surface area contributed by atoms with Crippen LogP contribution in [0.25, 0.3) is 0 Å². The van der Waals surface area contributed by atoms with E-state index >= 15 is 0 Å². The zero-order chi connectivity index (χ0) is 11.4. The molecule has 0 saturated heterocycles. The Bertz CT molecular complexity index is 364. The van der Waals surface area contributed by atoms with Gasteiger partial charge in [-0.25, -0.2) is 4.79 Å². The molecule has 0 heterocycles. The highest BCUT2D eigenvalue weighted by Crippen LogP contribution is 2.27. The van der Waals surface area contributed by atoms with Crippen LogP contribution < -0.4 is 10.6 Å². The Labute approximate surface area is 98.4 Å². The first kappa shape index (κ1) is 12.0. The lowest BCUT2D eigenvalue weighted by Crippen LogP contribution is -2.24. The number of hydrogen-bond acceptors (Lipinski definition) is 1. The Morgan fingerprint density at radius 3 is 2.53 bits per heavy atom. The molecule has 0 bridgehead atoms. The number of nitrogens with one attached hydrogen (secondary N) is 2. The topological polar surface area (TPSA) is 41.1 Å². The van der Waals surface area contributed by atoms with Crippen LogP contribution in [0.2, 0.25) is 0 Å². The molecule has 0 aliphatic heterocycles. The van der Waals surface area contributed by atoms with E-state index in [1.54, 1.807) is 7.05 Å². The number of urea groups is 1. The van der Waals surface area contributed by atoms with Gasteiger partial charge in [0.15, 0.2) is 0 Å². The summed E-state index contributed by atoms with van der Waals surface area (Å²) < 4.78 is 1.02. The smallest absolute Gasteiger partial charge is 0.318 e. The lowest BCUT2D eigenvalue weighted by atomic mass is 10.0. The van der Waals surface area contributed by atoms with Crippen molar-refractivity contribution in [2.45, 2.75) is 19.8 Å². The van der Waals surface area contributed by atoms with Crippen LogP contribution in [-0.2, 0) is 0 Å². The molecule has 2 amide bonds. The number of anilines is 1. The van der Waals surface area contributed by atoms with E-state index in [0.29, 0.717) is 5.92 Å². The molecule has 0 spiro atoms. The summed E-state index contributed by atoms with van der Waals surface area (Å²) >= 11 is 3.49. The SMILES string of the molecule is CNC(=O)Nc1ccc(C(C)C)c(Br)c1. The van der Waals surface area contributed by atoms with Crippen molar-refractivity contribution in [1.82, 2.24) is 5.32 Å². The summed E-state index contributed by atoms with van der Waals surface area (Å²) in [6.07, 6.45) is 0. The largest absolute Gasteiger partial charge is 0.341 e. The minimum atomic E-state index is -0.209. The first-order valence-electron chi connectivity index (χ1n) is 4.82. The molecule has 0 unspecified atom stereocenters. The van der Waals surface area contributed by atoms with Gasteiger partial charge >= 0.3 is 6.03 Å². The van der Waals surface area contributed by atoms with Crippen LogP contribution >= 0.6 is 15.9 Å². The van der Waals surface area contributed by atoms with E-state index in [9.17, 15) is 4.79 Å². The second kappa shape index (κ2) is 5.16. The number of hydrogen-bond donors (Lipinski definition) is 2. The standard InChI is InChI=1S/C11H15BrN2O/c1-7(2)9-5-4-8(6-10(9)12)14-11(15)13-3/h4-7H,1-3H3,(H2,13,14,15). The van der Waals surface area contributed by atoms with Crippen molar-refractivity contribution < 1.29 is 4.79 Å². The van der Waals surface area contributed by atoms with Gasteiger partial charge in [-0.2, -0.15) is 0 Å². The first-order valence-corrected chi connectivity index (χ1v) is 5.62. The van der Waals surface area contributed by atoms with Gasteiger partial charge in [0.25, 0.3) is 0 Å². The summed E-state index contributed by atoms with van der Waals surface area (Å²) in [6, 6.07) is 5.61. The molecule has 0 aliphatic rings. The molecule has 0 saturated carbocycles. The summed E-state index contributed by atoms with van der Waals surface area (Å²) in [6.45, 7) is 4.26. The zero-order valence-electron chi connectivity index (χ0n) is 9.10. The van der Waals surface area contributed by atoms with E-state index in [-0.39, 0.29) is 6.03 Å². The summed E-state index contributed by atoms with van der Waals surface area (Å²) in [5.74, 6) is 0.466. The second-order valence-electron chi connectivity index (χ2n) is 3.60. The Morgan fingerprint density at radius 1 is 1.40 bits per heavy atom. The molecule has 1 aromatic rings. The van der Waals surface area contributed by atoms with Crippen LogP contribution in [0, 0.1) is 0 Å². The molecule has 3 nitrogen and oxygen atoms in total. The van der Waals surface area contributed by atoms with Crippen LogP contribution in [0.5, 0.6) is 0 Å². The number of halogens is 1. The Balaban J connectivity index is 2.87. The average molecular weight is 271 g/mol. The van der Waals surface area contributed by atoms with Gasteiger partial charge in [0, 0.05) is 17.2 Å². The summed E-state index contributed by atoms with van der Waals surface area (Å²) in [5, 5.41) is 5.22. The van der Waals surface area contributed by atoms with Crippen LogP contribution in [0.4, 0.5) is 10.5 Å². The van der Waals surface area contributed by atoms with Gasteiger partial charge in [-0.05, 0) is 23.6 Å². The van der Waals surface area contributed by atoms with Crippen LogP contribution in [-0.4, -0.2) is 13.1 Å². The average Bonchev–Trinajstić information content (AvgIpc) is 2.17. The maximum Gasteiger partial charge on any atom is 0.318 e. The lowest BCUT2D eigenvalue weighted by molar-refractivity contribution is 0.254. The van der Waals surface area contributed by atoms with Gasteiger partial charge in [-0.3, -0.25) is 0 Å². The highest BCUT2D eigenvalue weighted by Gasteiger charge is 2.06.